The van der Waals surface area contributed by atoms with Gasteiger partial charge >= 0.3 is 5.63 Å². The maximum atomic E-state index is 12.3. The average molecular weight is 402 g/mol. The third kappa shape index (κ3) is 4.71. The standard InChI is InChI=1S/C21H20ClNO5/c22-16-6-3-13(4-7-16)12-23-19(25)11-14-5-8-18-17(20(14)26)10-15(2-1-9-24)21(27)28-18/h3-8,10,24,26H,1-2,9,11-12H2,(H,23,25). The number of hydrogen-bond donors (Lipinski definition) is 3. The first-order chi connectivity index (χ1) is 13.5. The summed E-state index contributed by atoms with van der Waals surface area (Å²) in [5.41, 5.74) is 1.48. The van der Waals surface area contributed by atoms with Gasteiger partial charge in [-0.25, -0.2) is 4.79 Å². The monoisotopic (exact) mass is 401 g/mol. The van der Waals surface area contributed by atoms with Gasteiger partial charge in [-0.2, -0.15) is 0 Å². The third-order valence-corrected chi connectivity index (χ3v) is 4.65. The van der Waals surface area contributed by atoms with Crippen LogP contribution < -0.4 is 10.9 Å². The minimum Gasteiger partial charge on any atom is -0.507 e. The molecule has 0 aliphatic heterocycles. The molecule has 1 aromatic heterocycles. The third-order valence-electron chi connectivity index (χ3n) is 4.40. The van der Waals surface area contributed by atoms with E-state index in [4.69, 9.17) is 21.1 Å². The number of amides is 1. The van der Waals surface area contributed by atoms with Gasteiger partial charge in [0.25, 0.3) is 0 Å². The first-order valence-electron chi connectivity index (χ1n) is 8.87. The van der Waals surface area contributed by atoms with Crippen molar-refractivity contribution in [3.63, 3.8) is 0 Å². The molecule has 0 spiro atoms. The zero-order valence-corrected chi connectivity index (χ0v) is 15.8. The van der Waals surface area contributed by atoms with Gasteiger partial charge in [-0.1, -0.05) is 29.8 Å². The van der Waals surface area contributed by atoms with Crippen molar-refractivity contribution in [3.05, 3.63) is 74.6 Å². The number of benzene rings is 2. The number of carbonyl (C=O) groups is 1. The minimum atomic E-state index is -0.492. The number of carbonyl (C=O) groups excluding carboxylic acids is 1. The van der Waals surface area contributed by atoms with E-state index in [1.54, 1.807) is 30.3 Å². The maximum absolute atomic E-state index is 12.3. The molecule has 7 heteroatoms. The Labute approximate surface area is 166 Å². The topological polar surface area (TPSA) is 99.8 Å². The van der Waals surface area contributed by atoms with E-state index in [1.807, 2.05) is 12.1 Å². The first-order valence-corrected chi connectivity index (χ1v) is 9.25. The molecule has 3 rings (SSSR count). The highest BCUT2D eigenvalue weighted by Crippen LogP contribution is 2.29. The molecule has 0 aliphatic carbocycles. The smallest absolute Gasteiger partial charge is 0.339 e. The Bertz CT molecular complexity index is 1040. The van der Waals surface area contributed by atoms with Crippen molar-refractivity contribution in [3.8, 4) is 5.75 Å². The molecule has 1 amide bonds. The van der Waals surface area contributed by atoms with Crippen LogP contribution in [-0.2, 0) is 24.2 Å². The number of hydrogen-bond acceptors (Lipinski definition) is 5. The fraction of sp³-hybridized carbons (Fsp3) is 0.238. The largest absolute Gasteiger partial charge is 0.507 e. The number of halogens is 1. The van der Waals surface area contributed by atoms with Gasteiger partial charge < -0.3 is 19.9 Å². The van der Waals surface area contributed by atoms with Gasteiger partial charge in [0.15, 0.2) is 0 Å². The lowest BCUT2D eigenvalue weighted by molar-refractivity contribution is -0.120. The summed E-state index contributed by atoms with van der Waals surface area (Å²) in [6.07, 6.45) is 0.754. The number of nitrogens with one attached hydrogen (secondary N) is 1. The molecule has 28 heavy (non-hydrogen) atoms. The van der Waals surface area contributed by atoms with Crippen LogP contribution >= 0.6 is 11.6 Å². The van der Waals surface area contributed by atoms with Crippen LogP contribution in [0.3, 0.4) is 0 Å². The Hall–Kier alpha value is -2.83. The molecule has 0 saturated heterocycles. The normalized spacial score (nSPS) is 10.9. The molecule has 3 N–H and O–H groups in total. The molecular formula is C21H20ClNO5. The molecule has 1 heterocycles. The zero-order chi connectivity index (χ0) is 20.1. The van der Waals surface area contributed by atoms with Gasteiger partial charge in [-0.3, -0.25) is 4.79 Å². The molecule has 6 nitrogen and oxygen atoms in total. The minimum absolute atomic E-state index is 0.0134. The lowest BCUT2D eigenvalue weighted by Crippen LogP contribution is -2.24. The van der Waals surface area contributed by atoms with Crippen molar-refractivity contribution >= 4 is 28.5 Å². The van der Waals surface area contributed by atoms with Crippen LogP contribution in [0.5, 0.6) is 5.75 Å². The molecule has 0 bridgehead atoms. The zero-order valence-electron chi connectivity index (χ0n) is 15.1. The van der Waals surface area contributed by atoms with E-state index in [0.29, 0.717) is 40.9 Å². The van der Waals surface area contributed by atoms with Crippen LogP contribution in [0.4, 0.5) is 0 Å². The highest BCUT2D eigenvalue weighted by atomic mass is 35.5. The predicted molar refractivity (Wildman–Crippen MR) is 107 cm³/mol. The van der Waals surface area contributed by atoms with E-state index in [9.17, 15) is 14.7 Å². The van der Waals surface area contributed by atoms with Crippen molar-refractivity contribution < 1.29 is 19.4 Å². The molecule has 0 unspecified atom stereocenters. The first kappa shape index (κ1) is 19.9. The number of aryl methyl sites for hydroxylation is 1. The maximum Gasteiger partial charge on any atom is 0.339 e. The van der Waals surface area contributed by atoms with E-state index >= 15 is 0 Å². The Morgan fingerprint density at radius 1 is 1.11 bits per heavy atom. The molecule has 2 aromatic carbocycles. The average Bonchev–Trinajstić information content (AvgIpc) is 2.68. The van der Waals surface area contributed by atoms with E-state index in [0.717, 1.165) is 5.56 Å². The molecule has 0 fully saturated rings. The van der Waals surface area contributed by atoms with Crippen molar-refractivity contribution in [2.24, 2.45) is 0 Å². The molecule has 0 aliphatic rings. The highest BCUT2D eigenvalue weighted by Gasteiger charge is 2.14. The molecule has 0 radical (unpaired) electrons. The summed E-state index contributed by atoms with van der Waals surface area (Å²) < 4.78 is 5.24. The van der Waals surface area contributed by atoms with Crippen LogP contribution in [0.1, 0.15) is 23.1 Å². The Balaban J connectivity index is 1.75. The Kier molecular flexibility index (Phi) is 6.34. The lowest BCUT2D eigenvalue weighted by Gasteiger charge is -2.09. The summed E-state index contributed by atoms with van der Waals surface area (Å²) in [7, 11) is 0. The lowest BCUT2D eigenvalue weighted by atomic mass is 10.0. The van der Waals surface area contributed by atoms with Gasteiger partial charge in [-0.05, 0) is 42.7 Å². The molecular weight excluding hydrogens is 382 g/mol. The van der Waals surface area contributed by atoms with Gasteiger partial charge in [0.1, 0.15) is 11.3 Å². The summed E-state index contributed by atoms with van der Waals surface area (Å²) in [5.74, 6) is -0.337. The summed E-state index contributed by atoms with van der Waals surface area (Å²) >= 11 is 5.84. The molecule has 146 valence electrons. The number of fused-ring (bicyclic) bond motifs is 1. The molecule has 0 atom stereocenters. The van der Waals surface area contributed by atoms with Crippen LogP contribution in [0.15, 0.2) is 51.7 Å². The van der Waals surface area contributed by atoms with Crippen molar-refractivity contribution in [1.82, 2.24) is 5.32 Å². The van der Waals surface area contributed by atoms with Crippen LogP contribution in [-0.4, -0.2) is 22.7 Å². The number of aliphatic hydroxyl groups excluding tert-OH is 1. The van der Waals surface area contributed by atoms with E-state index in [-0.39, 0.29) is 30.3 Å². The van der Waals surface area contributed by atoms with Crippen LogP contribution in [0, 0.1) is 0 Å². The summed E-state index contributed by atoms with van der Waals surface area (Å²) in [6, 6.07) is 11.8. The van der Waals surface area contributed by atoms with Gasteiger partial charge in [0.05, 0.1) is 11.8 Å². The number of aromatic hydroxyl groups is 1. The quantitative estimate of drug-likeness (QED) is 0.528. The SMILES string of the molecule is O=C(Cc1ccc2oc(=O)c(CCCO)cc2c1O)NCc1ccc(Cl)cc1. The van der Waals surface area contributed by atoms with E-state index in [1.165, 1.54) is 0 Å². The van der Waals surface area contributed by atoms with Crippen LogP contribution in [0.25, 0.3) is 11.0 Å². The Morgan fingerprint density at radius 3 is 2.57 bits per heavy atom. The molecule has 3 aromatic rings. The summed E-state index contributed by atoms with van der Waals surface area (Å²) in [4.78, 5) is 24.2. The molecule has 0 saturated carbocycles. The van der Waals surface area contributed by atoms with Crippen LogP contribution in [0.2, 0.25) is 5.02 Å². The second-order valence-electron chi connectivity index (χ2n) is 6.45. The van der Waals surface area contributed by atoms with Crippen molar-refractivity contribution in [2.45, 2.75) is 25.8 Å². The second kappa shape index (κ2) is 8.91. The summed E-state index contributed by atoms with van der Waals surface area (Å²) in [6.45, 7) is 0.307. The van der Waals surface area contributed by atoms with Gasteiger partial charge in [0.2, 0.25) is 5.91 Å². The van der Waals surface area contributed by atoms with Gasteiger partial charge in [0, 0.05) is 29.3 Å². The highest BCUT2D eigenvalue weighted by molar-refractivity contribution is 6.30. The summed E-state index contributed by atoms with van der Waals surface area (Å²) in [5, 5.41) is 23.3. The van der Waals surface area contributed by atoms with E-state index < -0.39 is 5.63 Å². The number of aliphatic hydroxyl groups is 1. The number of phenols is 1. The number of rotatable bonds is 7. The van der Waals surface area contributed by atoms with Gasteiger partial charge in [-0.15, -0.1) is 0 Å². The van der Waals surface area contributed by atoms with Crippen molar-refractivity contribution in [2.75, 3.05) is 6.61 Å². The Morgan fingerprint density at radius 2 is 1.86 bits per heavy atom. The van der Waals surface area contributed by atoms with E-state index in [2.05, 4.69) is 5.32 Å². The fourth-order valence-corrected chi connectivity index (χ4v) is 3.01. The van der Waals surface area contributed by atoms with Crippen molar-refractivity contribution in [1.29, 1.82) is 0 Å². The second-order valence-corrected chi connectivity index (χ2v) is 6.89. The predicted octanol–water partition coefficient (Wildman–Crippen LogP) is 2.94. The number of phenolic OH excluding ortho intramolecular Hbond substituents is 1. The fourth-order valence-electron chi connectivity index (χ4n) is 2.89.